The Morgan fingerprint density at radius 3 is 2.41 bits per heavy atom. The second-order valence-corrected chi connectivity index (χ2v) is 7.87. The summed E-state index contributed by atoms with van der Waals surface area (Å²) in [5, 5.41) is 2.86. The minimum absolute atomic E-state index is 0.126. The van der Waals surface area contributed by atoms with Gasteiger partial charge in [-0.05, 0) is 60.0 Å². The molecular weight excluding hydrogens is 398 g/mol. The van der Waals surface area contributed by atoms with Crippen LogP contribution in [0.3, 0.4) is 0 Å². The van der Waals surface area contributed by atoms with Crippen molar-refractivity contribution in [3.63, 3.8) is 0 Å². The summed E-state index contributed by atoms with van der Waals surface area (Å²) >= 11 is 0. The van der Waals surface area contributed by atoms with Crippen LogP contribution in [0.5, 0.6) is 0 Å². The maximum Gasteiger partial charge on any atom is 0.263 e. The van der Waals surface area contributed by atoms with Crippen LogP contribution in [0.1, 0.15) is 21.5 Å². The summed E-state index contributed by atoms with van der Waals surface area (Å²) in [6, 6.07) is 29.2. The van der Waals surface area contributed by atoms with Gasteiger partial charge in [-0.25, -0.2) is 0 Å². The maximum absolute atomic E-state index is 12.8. The number of nitrogens with one attached hydrogen (secondary N) is 1. The van der Waals surface area contributed by atoms with Gasteiger partial charge in [-0.1, -0.05) is 48.5 Å². The predicted molar refractivity (Wildman–Crippen MR) is 128 cm³/mol. The summed E-state index contributed by atoms with van der Waals surface area (Å²) in [5.74, 6) is -0.406. The quantitative estimate of drug-likeness (QED) is 0.502. The number of pyridine rings is 1. The molecule has 1 amide bonds. The van der Waals surface area contributed by atoms with Gasteiger partial charge in [-0.2, -0.15) is 0 Å². The van der Waals surface area contributed by atoms with Gasteiger partial charge < -0.3 is 14.8 Å². The summed E-state index contributed by atoms with van der Waals surface area (Å²) < 4.78 is 1.55. The molecule has 0 radical (unpaired) electrons. The van der Waals surface area contributed by atoms with Crippen molar-refractivity contribution < 1.29 is 4.79 Å². The average Bonchev–Trinajstić information content (AvgIpc) is 3.26. The van der Waals surface area contributed by atoms with E-state index in [1.54, 1.807) is 22.9 Å². The van der Waals surface area contributed by atoms with Crippen LogP contribution in [0, 0.1) is 0 Å². The number of benzene rings is 3. The zero-order chi connectivity index (χ0) is 21.9. The molecule has 1 N–H and O–H groups in total. The molecular formula is C27H23N3O2. The third kappa shape index (κ3) is 3.93. The summed E-state index contributed by atoms with van der Waals surface area (Å²) in [6.07, 6.45) is 2.73. The zero-order valence-electron chi connectivity index (χ0n) is 17.6. The Hall–Kier alpha value is -4.12. The summed E-state index contributed by atoms with van der Waals surface area (Å²) in [6.45, 7) is 1.36. The van der Waals surface area contributed by atoms with Crippen molar-refractivity contribution in [3.05, 3.63) is 124 Å². The molecule has 5 rings (SSSR count). The van der Waals surface area contributed by atoms with Crippen molar-refractivity contribution >= 4 is 23.0 Å². The number of hydrogen-bond donors (Lipinski definition) is 1. The van der Waals surface area contributed by atoms with Crippen LogP contribution in [-0.2, 0) is 13.0 Å². The van der Waals surface area contributed by atoms with Gasteiger partial charge in [0.05, 0.1) is 6.54 Å². The number of nitrogens with zero attached hydrogens (tertiary/aromatic N) is 2. The minimum atomic E-state index is -0.406. The average molecular weight is 422 g/mol. The number of amides is 1. The fourth-order valence-corrected chi connectivity index (χ4v) is 4.14. The first kappa shape index (κ1) is 19.8. The second kappa shape index (κ2) is 8.55. The molecule has 158 valence electrons. The number of carbonyl (C=O) groups excluding carboxylic acids is 1. The molecule has 1 aliphatic heterocycles. The molecule has 0 spiro atoms. The lowest BCUT2D eigenvalue weighted by Gasteiger charge is -2.20. The van der Waals surface area contributed by atoms with Crippen molar-refractivity contribution in [2.45, 2.75) is 13.0 Å². The van der Waals surface area contributed by atoms with Crippen LogP contribution < -0.4 is 15.8 Å². The first-order valence-electron chi connectivity index (χ1n) is 10.7. The number of hydrogen-bond acceptors (Lipinski definition) is 3. The number of para-hydroxylation sites is 1. The molecule has 1 aromatic heterocycles. The molecule has 2 heterocycles. The molecule has 0 fully saturated rings. The number of anilines is 3. The van der Waals surface area contributed by atoms with E-state index < -0.39 is 5.91 Å². The number of rotatable bonds is 5. The number of carbonyl (C=O) groups is 1. The third-order valence-electron chi connectivity index (χ3n) is 5.78. The summed E-state index contributed by atoms with van der Waals surface area (Å²) in [7, 11) is 0. The molecule has 0 saturated carbocycles. The van der Waals surface area contributed by atoms with E-state index in [1.165, 1.54) is 11.3 Å². The lowest BCUT2D eigenvalue weighted by atomic mass is 10.2. The van der Waals surface area contributed by atoms with Crippen molar-refractivity contribution in [1.29, 1.82) is 0 Å². The van der Waals surface area contributed by atoms with E-state index in [4.69, 9.17) is 0 Å². The van der Waals surface area contributed by atoms with Gasteiger partial charge in [0, 0.05) is 29.8 Å². The van der Waals surface area contributed by atoms with Crippen LogP contribution in [-0.4, -0.2) is 17.0 Å². The van der Waals surface area contributed by atoms with Crippen LogP contribution >= 0.6 is 0 Å². The molecule has 5 nitrogen and oxygen atoms in total. The van der Waals surface area contributed by atoms with E-state index in [2.05, 4.69) is 34.5 Å². The van der Waals surface area contributed by atoms with Crippen molar-refractivity contribution in [3.8, 4) is 0 Å². The maximum atomic E-state index is 12.8. The topological polar surface area (TPSA) is 54.3 Å². The molecule has 0 bridgehead atoms. The Bertz CT molecular complexity index is 1310. The molecule has 5 heteroatoms. The van der Waals surface area contributed by atoms with Gasteiger partial charge in [-0.3, -0.25) is 9.59 Å². The fraction of sp³-hybridized carbons (Fsp3) is 0.111. The Balaban J connectivity index is 1.31. The molecule has 4 aromatic rings. The van der Waals surface area contributed by atoms with Gasteiger partial charge in [-0.15, -0.1) is 0 Å². The molecule has 0 atom stereocenters. The molecule has 3 aromatic carbocycles. The SMILES string of the molecule is O=C(Nc1ccc(N2CCc3ccccc32)cc1)c1cccn(Cc2ccccc2)c1=O. The zero-order valence-corrected chi connectivity index (χ0v) is 17.6. The first-order chi connectivity index (χ1) is 15.7. The van der Waals surface area contributed by atoms with Crippen LogP contribution in [0.4, 0.5) is 17.1 Å². The minimum Gasteiger partial charge on any atom is -0.341 e. The molecule has 1 aliphatic rings. The van der Waals surface area contributed by atoms with Crippen molar-refractivity contribution in [2.75, 3.05) is 16.8 Å². The van der Waals surface area contributed by atoms with E-state index in [0.717, 1.165) is 24.2 Å². The molecule has 32 heavy (non-hydrogen) atoms. The second-order valence-electron chi connectivity index (χ2n) is 7.87. The van der Waals surface area contributed by atoms with Crippen molar-refractivity contribution in [2.24, 2.45) is 0 Å². The lowest BCUT2D eigenvalue weighted by Crippen LogP contribution is -2.29. The fourth-order valence-electron chi connectivity index (χ4n) is 4.14. The largest absolute Gasteiger partial charge is 0.341 e. The standard InChI is InChI=1S/C27H23N3O2/c31-26(24-10-6-17-29(27(24)32)19-20-7-2-1-3-8-20)28-22-12-14-23(15-13-22)30-18-16-21-9-4-5-11-25(21)30/h1-15,17H,16,18-19H2,(H,28,31). The smallest absolute Gasteiger partial charge is 0.263 e. The lowest BCUT2D eigenvalue weighted by molar-refractivity contribution is 0.102. The highest BCUT2D eigenvalue weighted by Gasteiger charge is 2.19. The molecule has 0 unspecified atom stereocenters. The van der Waals surface area contributed by atoms with Crippen LogP contribution in [0.15, 0.2) is 102 Å². The Morgan fingerprint density at radius 1 is 0.844 bits per heavy atom. The number of fused-ring (bicyclic) bond motifs is 1. The Labute approximate surface area is 186 Å². The van der Waals surface area contributed by atoms with E-state index in [0.29, 0.717) is 12.2 Å². The van der Waals surface area contributed by atoms with E-state index >= 15 is 0 Å². The van der Waals surface area contributed by atoms with Crippen molar-refractivity contribution in [1.82, 2.24) is 4.57 Å². The van der Waals surface area contributed by atoms with Gasteiger partial charge in [0.25, 0.3) is 11.5 Å². The number of aromatic nitrogens is 1. The third-order valence-corrected chi connectivity index (χ3v) is 5.78. The van der Waals surface area contributed by atoms with Gasteiger partial charge in [0.15, 0.2) is 0 Å². The van der Waals surface area contributed by atoms with Gasteiger partial charge >= 0.3 is 0 Å². The van der Waals surface area contributed by atoms with Crippen LogP contribution in [0.25, 0.3) is 0 Å². The Kier molecular flexibility index (Phi) is 5.30. The molecule has 0 saturated heterocycles. The highest BCUT2D eigenvalue weighted by Crippen LogP contribution is 2.34. The van der Waals surface area contributed by atoms with E-state index in [-0.39, 0.29) is 11.1 Å². The van der Waals surface area contributed by atoms with E-state index in [1.807, 2.05) is 54.6 Å². The highest BCUT2D eigenvalue weighted by atomic mass is 16.2. The normalized spacial score (nSPS) is 12.4. The highest BCUT2D eigenvalue weighted by molar-refractivity contribution is 6.04. The van der Waals surface area contributed by atoms with Crippen LogP contribution in [0.2, 0.25) is 0 Å². The molecule has 0 aliphatic carbocycles. The first-order valence-corrected chi connectivity index (χ1v) is 10.7. The van der Waals surface area contributed by atoms with Gasteiger partial charge in [0.1, 0.15) is 5.56 Å². The monoisotopic (exact) mass is 421 g/mol. The summed E-state index contributed by atoms with van der Waals surface area (Å²) in [4.78, 5) is 27.9. The summed E-state index contributed by atoms with van der Waals surface area (Å²) in [5.41, 5.74) is 5.14. The predicted octanol–water partition coefficient (Wildman–Crippen LogP) is 4.84. The van der Waals surface area contributed by atoms with E-state index in [9.17, 15) is 9.59 Å². The van der Waals surface area contributed by atoms with Gasteiger partial charge in [0.2, 0.25) is 0 Å². The Morgan fingerprint density at radius 2 is 1.59 bits per heavy atom.